The minimum absolute atomic E-state index is 0.164. The van der Waals surface area contributed by atoms with E-state index in [2.05, 4.69) is 17.4 Å². The molecule has 0 aromatic heterocycles. The summed E-state index contributed by atoms with van der Waals surface area (Å²) in [5, 5.41) is 3.49. The Bertz CT molecular complexity index is 659. The van der Waals surface area contributed by atoms with Gasteiger partial charge in [-0.1, -0.05) is 29.8 Å². The molecule has 0 bridgehead atoms. The molecule has 2 nitrogen and oxygen atoms in total. The number of halogens is 2. The number of rotatable bonds is 4. The van der Waals surface area contributed by atoms with Crippen molar-refractivity contribution in [3.8, 4) is 5.75 Å². The summed E-state index contributed by atoms with van der Waals surface area (Å²) in [5.74, 6) is 0.606. The van der Waals surface area contributed by atoms with Crippen LogP contribution in [0.1, 0.15) is 22.7 Å². The van der Waals surface area contributed by atoms with Gasteiger partial charge in [0.2, 0.25) is 0 Å². The molecule has 0 spiro atoms. The highest BCUT2D eigenvalue weighted by Crippen LogP contribution is 2.29. The summed E-state index contributed by atoms with van der Waals surface area (Å²) in [5.41, 5.74) is 3.48. The fourth-order valence-electron chi connectivity index (χ4n) is 2.71. The monoisotopic (exact) mass is 305 g/mol. The topological polar surface area (TPSA) is 21.3 Å². The van der Waals surface area contributed by atoms with E-state index in [9.17, 15) is 4.39 Å². The third-order valence-electron chi connectivity index (χ3n) is 3.89. The molecule has 4 heteroatoms. The highest BCUT2D eigenvalue weighted by Gasteiger charge is 2.16. The van der Waals surface area contributed by atoms with Crippen molar-refractivity contribution in [2.75, 3.05) is 13.7 Å². The molecule has 3 rings (SSSR count). The largest absolute Gasteiger partial charge is 0.493 e. The molecular formula is C17H17ClFNO. The van der Waals surface area contributed by atoms with Crippen molar-refractivity contribution < 1.29 is 9.13 Å². The van der Waals surface area contributed by atoms with Crippen LogP contribution in [0.15, 0.2) is 36.4 Å². The molecule has 0 amide bonds. The first-order chi connectivity index (χ1) is 10.2. The average Bonchev–Trinajstić information content (AvgIpc) is 2.95. The van der Waals surface area contributed by atoms with Gasteiger partial charge in [-0.3, -0.25) is 0 Å². The molecular weight excluding hydrogens is 289 g/mol. The molecule has 1 aliphatic heterocycles. The number of hydrogen-bond donors (Lipinski definition) is 1. The third kappa shape index (κ3) is 3.04. The predicted molar refractivity (Wildman–Crippen MR) is 82.6 cm³/mol. The van der Waals surface area contributed by atoms with Gasteiger partial charge in [-0.15, -0.1) is 0 Å². The van der Waals surface area contributed by atoms with E-state index in [-0.39, 0.29) is 16.9 Å². The Hall–Kier alpha value is -1.58. The van der Waals surface area contributed by atoms with Gasteiger partial charge in [-0.05, 0) is 48.4 Å². The highest BCUT2D eigenvalue weighted by atomic mass is 35.5. The molecule has 1 heterocycles. The van der Waals surface area contributed by atoms with Crippen LogP contribution in [-0.4, -0.2) is 13.7 Å². The molecule has 2 aromatic carbocycles. The second-order valence-corrected chi connectivity index (χ2v) is 5.67. The Balaban J connectivity index is 1.83. The van der Waals surface area contributed by atoms with Crippen LogP contribution in [0.25, 0.3) is 0 Å². The minimum atomic E-state index is -0.379. The van der Waals surface area contributed by atoms with E-state index in [0.29, 0.717) is 0 Å². The van der Waals surface area contributed by atoms with Crippen molar-refractivity contribution >= 4 is 11.6 Å². The second-order valence-electron chi connectivity index (χ2n) is 5.26. The smallest absolute Gasteiger partial charge is 0.141 e. The summed E-state index contributed by atoms with van der Waals surface area (Å²) in [6.07, 6.45) is 1.72. The number of fused-ring (bicyclic) bond motifs is 1. The SMILES string of the molecule is CNC(Cc1ccc(F)c(Cl)c1)c1ccc2c(c1)CCO2. The molecule has 2 aromatic rings. The fraction of sp³-hybridized carbons (Fsp3) is 0.294. The van der Waals surface area contributed by atoms with Crippen molar-refractivity contribution in [3.05, 3.63) is 63.9 Å². The zero-order valence-corrected chi connectivity index (χ0v) is 12.6. The van der Waals surface area contributed by atoms with E-state index in [1.165, 1.54) is 17.2 Å². The maximum atomic E-state index is 13.2. The third-order valence-corrected chi connectivity index (χ3v) is 4.18. The van der Waals surface area contributed by atoms with Gasteiger partial charge in [-0.2, -0.15) is 0 Å². The fourth-order valence-corrected chi connectivity index (χ4v) is 2.92. The van der Waals surface area contributed by atoms with Gasteiger partial charge in [0.05, 0.1) is 11.6 Å². The zero-order chi connectivity index (χ0) is 14.8. The number of ether oxygens (including phenoxy) is 1. The Morgan fingerprint density at radius 3 is 2.90 bits per heavy atom. The quantitative estimate of drug-likeness (QED) is 0.924. The summed E-state index contributed by atoms with van der Waals surface area (Å²) in [4.78, 5) is 0. The summed E-state index contributed by atoms with van der Waals surface area (Å²) in [7, 11) is 1.93. The van der Waals surface area contributed by atoms with Crippen molar-refractivity contribution in [2.45, 2.75) is 18.9 Å². The van der Waals surface area contributed by atoms with Crippen molar-refractivity contribution in [1.29, 1.82) is 0 Å². The van der Waals surface area contributed by atoms with Crippen molar-refractivity contribution in [3.63, 3.8) is 0 Å². The summed E-state index contributed by atoms with van der Waals surface area (Å²) in [6, 6.07) is 11.4. The molecule has 1 N–H and O–H groups in total. The maximum Gasteiger partial charge on any atom is 0.141 e. The van der Waals surface area contributed by atoms with Gasteiger partial charge in [0, 0.05) is 12.5 Å². The number of hydrogen-bond acceptors (Lipinski definition) is 2. The summed E-state index contributed by atoms with van der Waals surface area (Å²) in [6.45, 7) is 0.760. The lowest BCUT2D eigenvalue weighted by molar-refractivity contribution is 0.356. The van der Waals surface area contributed by atoms with E-state index in [4.69, 9.17) is 16.3 Å². The molecule has 1 atom stereocenters. The van der Waals surface area contributed by atoms with E-state index in [1.807, 2.05) is 13.1 Å². The maximum absolute atomic E-state index is 13.2. The van der Waals surface area contributed by atoms with Gasteiger partial charge in [0.15, 0.2) is 0 Å². The van der Waals surface area contributed by atoms with Crippen molar-refractivity contribution in [1.82, 2.24) is 5.32 Å². The van der Waals surface area contributed by atoms with Gasteiger partial charge >= 0.3 is 0 Å². The van der Waals surface area contributed by atoms with Crippen LogP contribution in [0.4, 0.5) is 4.39 Å². The first kappa shape index (κ1) is 14.4. The van der Waals surface area contributed by atoms with Crippen LogP contribution in [0, 0.1) is 5.82 Å². The molecule has 0 saturated carbocycles. The molecule has 0 saturated heterocycles. The normalized spacial score (nSPS) is 14.6. The lowest BCUT2D eigenvalue weighted by Gasteiger charge is -2.18. The first-order valence-electron chi connectivity index (χ1n) is 7.04. The van der Waals surface area contributed by atoms with E-state index < -0.39 is 0 Å². The summed E-state index contributed by atoms with van der Waals surface area (Å²) < 4.78 is 18.8. The van der Waals surface area contributed by atoms with Crippen LogP contribution in [0.2, 0.25) is 5.02 Å². The van der Waals surface area contributed by atoms with E-state index in [1.54, 1.807) is 12.1 Å². The number of likely N-dealkylation sites (N-methyl/N-ethyl adjacent to an activating group) is 1. The van der Waals surface area contributed by atoms with Crippen LogP contribution in [0.5, 0.6) is 5.75 Å². The van der Waals surface area contributed by atoms with Gasteiger partial charge in [-0.25, -0.2) is 4.39 Å². The van der Waals surface area contributed by atoms with Crippen molar-refractivity contribution in [2.24, 2.45) is 0 Å². The Morgan fingerprint density at radius 1 is 1.29 bits per heavy atom. The number of benzene rings is 2. The minimum Gasteiger partial charge on any atom is -0.493 e. The number of nitrogens with one attached hydrogen (secondary N) is 1. The predicted octanol–water partition coefficient (Wildman–Crippen LogP) is 3.92. The molecule has 21 heavy (non-hydrogen) atoms. The first-order valence-corrected chi connectivity index (χ1v) is 7.42. The standard InChI is InChI=1S/C17H17ClFNO/c1-20-16(9-11-2-4-15(19)14(18)8-11)12-3-5-17-13(10-12)6-7-21-17/h2-5,8,10,16,20H,6-7,9H2,1H3. The lowest BCUT2D eigenvalue weighted by Crippen LogP contribution is -2.19. The van der Waals surface area contributed by atoms with Crippen LogP contribution in [0.3, 0.4) is 0 Å². The highest BCUT2D eigenvalue weighted by molar-refractivity contribution is 6.30. The van der Waals surface area contributed by atoms with E-state index in [0.717, 1.165) is 30.8 Å². The molecule has 0 radical (unpaired) electrons. The van der Waals surface area contributed by atoms with Gasteiger partial charge < -0.3 is 10.1 Å². The van der Waals surface area contributed by atoms with Crippen LogP contribution in [-0.2, 0) is 12.8 Å². The lowest BCUT2D eigenvalue weighted by atomic mass is 9.97. The van der Waals surface area contributed by atoms with Crippen LogP contribution >= 0.6 is 11.6 Å². The van der Waals surface area contributed by atoms with Gasteiger partial charge in [0.25, 0.3) is 0 Å². The molecule has 1 unspecified atom stereocenters. The molecule has 110 valence electrons. The molecule has 0 aliphatic carbocycles. The second kappa shape index (κ2) is 6.04. The van der Waals surface area contributed by atoms with Gasteiger partial charge in [0.1, 0.15) is 11.6 Å². The molecule has 1 aliphatic rings. The Labute approximate surface area is 128 Å². The van der Waals surface area contributed by atoms with Crippen LogP contribution < -0.4 is 10.1 Å². The zero-order valence-electron chi connectivity index (χ0n) is 11.8. The Kier molecular flexibility index (Phi) is 4.13. The Morgan fingerprint density at radius 2 is 2.14 bits per heavy atom. The average molecular weight is 306 g/mol. The summed E-state index contributed by atoms with van der Waals surface area (Å²) >= 11 is 5.85. The van der Waals surface area contributed by atoms with E-state index >= 15 is 0 Å². The molecule has 0 fully saturated rings.